The van der Waals surface area contributed by atoms with E-state index in [-0.39, 0.29) is 34.5 Å². The highest BCUT2D eigenvalue weighted by atomic mass is 32.1. The third kappa shape index (κ3) is 3.25. The van der Waals surface area contributed by atoms with Gasteiger partial charge >= 0.3 is 6.01 Å². The molecule has 0 bridgehead atoms. The summed E-state index contributed by atoms with van der Waals surface area (Å²) in [5, 5.41) is 40.3. The second-order valence-corrected chi connectivity index (χ2v) is 6.26. The molecule has 12 nitrogen and oxygen atoms in total. The number of phenolic OH excluding ortho intramolecular Hbond substituents is 2. The predicted octanol–water partition coefficient (Wildman–Crippen LogP) is 4.33. The van der Waals surface area contributed by atoms with Gasteiger partial charge in [-0.05, 0) is 25.4 Å². The monoisotopic (exact) mass is 397 g/mol. The number of aromatic hydroxyl groups is 2. The summed E-state index contributed by atoms with van der Waals surface area (Å²) in [6.07, 6.45) is 2.95. The molecule has 1 aromatic carbocycles. The summed E-state index contributed by atoms with van der Waals surface area (Å²) >= 11 is 1.10. The lowest BCUT2D eigenvalue weighted by Gasteiger charge is -2.06. The molecule has 4 rings (SSSR count). The Kier molecular flexibility index (Phi) is 4.41. The fraction of sp³-hybridized carbons (Fsp3) is 0.133. The summed E-state index contributed by atoms with van der Waals surface area (Å²) in [5.74, 6) is -0.0974. The molecule has 2 N–H and O–H groups in total. The molecule has 28 heavy (non-hydrogen) atoms. The number of rotatable bonds is 4. The van der Waals surface area contributed by atoms with Crippen molar-refractivity contribution in [2.75, 3.05) is 0 Å². The Balaban J connectivity index is 1.70. The predicted molar refractivity (Wildman–Crippen MR) is 97.1 cm³/mol. The highest BCUT2D eigenvalue weighted by Crippen LogP contribution is 2.44. The van der Waals surface area contributed by atoms with E-state index in [0.29, 0.717) is 21.9 Å². The van der Waals surface area contributed by atoms with Gasteiger partial charge in [-0.3, -0.25) is 0 Å². The number of aromatic nitrogens is 5. The minimum atomic E-state index is -0.257. The minimum absolute atomic E-state index is 0.0524. The quantitative estimate of drug-likeness (QED) is 0.480. The van der Waals surface area contributed by atoms with E-state index in [0.717, 1.165) is 11.5 Å². The van der Waals surface area contributed by atoms with Crippen LogP contribution in [0.4, 0.5) is 22.4 Å². The van der Waals surface area contributed by atoms with Crippen molar-refractivity contribution >= 4 is 45.0 Å². The molecule has 4 aromatic rings. The number of nitrogens with zero attached hydrogens (tertiary/aromatic N) is 9. The van der Waals surface area contributed by atoms with Gasteiger partial charge in [0.25, 0.3) is 0 Å². The van der Waals surface area contributed by atoms with Crippen LogP contribution < -0.4 is 0 Å². The van der Waals surface area contributed by atoms with Crippen LogP contribution in [-0.4, -0.2) is 34.7 Å². The fourth-order valence-electron chi connectivity index (χ4n) is 2.19. The van der Waals surface area contributed by atoms with Crippen molar-refractivity contribution in [3.8, 4) is 11.5 Å². The molecule has 0 amide bonds. The Morgan fingerprint density at radius 1 is 1.04 bits per heavy atom. The van der Waals surface area contributed by atoms with Crippen molar-refractivity contribution in [2.45, 2.75) is 13.8 Å². The van der Waals surface area contributed by atoms with E-state index in [9.17, 15) is 10.2 Å². The van der Waals surface area contributed by atoms with Crippen LogP contribution in [0.25, 0.3) is 11.0 Å². The van der Waals surface area contributed by atoms with Crippen molar-refractivity contribution in [1.29, 1.82) is 0 Å². The SMILES string of the molecule is Cc1noc(N=Nc2cc(N=Nc3snc4cncnc34)c(O)c(C)c2O)n1. The zero-order valence-electron chi connectivity index (χ0n) is 14.5. The third-order valence-corrected chi connectivity index (χ3v) is 4.34. The van der Waals surface area contributed by atoms with Gasteiger partial charge in [-0.1, -0.05) is 10.3 Å². The first-order valence-corrected chi connectivity index (χ1v) is 8.55. The Morgan fingerprint density at radius 2 is 1.79 bits per heavy atom. The molecule has 0 saturated heterocycles. The van der Waals surface area contributed by atoms with Gasteiger partial charge in [-0.25, -0.2) is 9.97 Å². The Hall–Kier alpha value is -3.87. The zero-order chi connectivity index (χ0) is 19.7. The van der Waals surface area contributed by atoms with Crippen LogP contribution in [-0.2, 0) is 0 Å². The third-order valence-electron chi connectivity index (χ3n) is 3.60. The van der Waals surface area contributed by atoms with Crippen molar-refractivity contribution in [3.63, 3.8) is 0 Å². The van der Waals surface area contributed by atoms with Crippen LogP contribution in [0.15, 0.2) is 43.6 Å². The van der Waals surface area contributed by atoms with E-state index < -0.39 is 0 Å². The second kappa shape index (κ2) is 7.03. The molecule has 0 radical (unpaired) electrons. The molecule has 140 valence electrons. The van der Waals surface area contributed by atoms with Gasteiger partial charge in [0, 0.05) is 11.6 Å². The van der Waals surface area contributed by atoms with Gasteiger partial charge in [0.15, 0.2) is 10.8 Å². The molecule has 3 heterocycles. The largest absolute Gasteiger partial charge is 0.505 e. The average Bonchev–Trinajstić information content (AvgIpc) is 3.31. The van der Waals surface area contributed by atoms with E-state index in [1.807, 2.05) is 0 Å². The number of hydrogen-bond donors (Lipinski definition) is 2. The lowest BCUT2D eigenvalue weighted by Crippen LogP contribution is -1.79. The maximum Gasteiger partial charge on any atom is 0.366 e. The number of fused-ring (bicyclic) bond motifs is 1. The molecule has 13 heteroatoms. The first-order chi connectivity index (χ1) is 13.5. The molecule has 0 aliphatic carbocycles. The summed E-state index contributed by atoms with van der Waals surface area (Å²) in [4.78, 5) is 11.9. The molecule has 0 spiro atoms. The first kappa shape index (κ1) is 17.5. The van der Waals surface area contributed by atoms with Crippen LogP contribution in [0.2, 0.25) is 0 Å². The normalized spacial score (nSPS) is 11.9. The molecular formula is C15H11N9O3S. The summed E-state index contributed by atoms with van der Waals surface area (Å²) in [5.41, 5.74) is 1.45. The van der Waals surface area contributed by atoms with Crippen molar-refractivity contribution < 1.29 is 14.7 Å². The number of azo groups is 2. The average molecular weight is 397 g/mol. The molecule has 3 aromatic heterocycles. The van der Waals surface area contributed by atoms with Crippen molar-refractivity contribution in [3.05, 3.63) is 30.0 Å². The standard InChI is InChI=1S/C15H11N9O3S/c1-6-12(25)8(19-21-14-11-10(24-28-14)4-16-5-17-11)3-9(13(6)26)20-22-15-18-7(2)23-27-15/h3-5,25-26H,1-2H3. The minimum Gasteiger partial charge on any atom is -0.505 e. The van der Waals surface area contributed by atoms with Gasteiger partial charge < -0.3 is 14.7 Å². The summed E-state index contributed by atoms with van der Waals surface area (Å²) < 4.78 is 9.01. The van der Waals surface area contributed by atoms with Gasteiger partial charge in [0.1, 0.15) is 40.2 Å². The smallest absolute Gasteiger partial charge is 0.366 e. The fourth-order valence-corrected chi connectivity index (χ4v) is 2.83. The maximum absolute atomic E-state index is 10.3. The first-order valence-electron chi connectivity index (χ1n) is 7.77. The molecule has 0 fully saturated rings. The zero-order valence-corrected chi connectivity index (χ0v) is 15.3. The van der Waals surface area contributed by atoms with Gasteiger partial charge in [0.05, 0.1) is 6.20 Å². The maximum atomic E-state index is 10.3. The van der Waals surface area contributed by atoms with Crippen LogP contribution in [0.3, 0.4) is 0 Å². The molecular weight excluding hydrogens is 386 g/mol. The summed E-state index contributed by atoms with van der Waals surface area (Å²) in [6.45, 7) is 3.14. The molecule has 0 saturated carbocycles. The van der Waals surface area contributed by atoms with Crippen molar-refractivity contribution in [1.82, 2.24) is 24.5 Å². The van der Waals surface area contributed by atoms with Crippen LogP contribution in [0.5, 0.6) is 11.5 Å². The topological polar surface area (TPSA) is 167 Å². The van der Waals surface area contributed by atoms with E-state index in [2.05, 4.69) is 44.9 Å². The number of benzene rings is 1. The van der Waals surface area contributed by atoms with Crippen LogP contribution in [0.1, 0.15) is 11.4 Å². The van der Waals surface area contributed by atoms with Crippen molar-refractivity contribution in [2.24, 2.45) is 20.5 Å². The summed E-state index contributed by atoms with van der Waals surface area (Å²) in [6, 6.07) is 1.26. The van der Waals surface area contributed by atoms with Crippen LogP contribution in [0, 0.1) is 13.8 Å². The molecule has 0 aliphatic heterocycles. The van der Waals surface area contributed by atoms with E-state index in [4.69, 9.17) is 4.52 Å². The van der Waals surface area contributed by atoms with E-state index in [1.165, 1.54) is 19.3 Å². The number of hydrogen-bond acceptors (Lipinski definition) is 13. The lowest BCUT2D eigenvalue weighted by atomic mass is 10.1. The lowest BCUT2D eigenvalue weighted by molar-refractivity contribution is 0.420. The highest BCUT2D eigenvalue weighted by molar-refractivity contribution is 7.11. The Morgan fingerprint density at radius 3 is 2.50 bits per heavy atom. The summed E-state index contributed by atoms with van der Waals surface area (Å²) in [7, 11) is 0. The van der Waals surface area contributed by atoms with E-state index >= 15 is 0 Å². The Bertz CT molecular complexity index is 1230. The van der Waals surface area contributed by atoms with E-state index in [1.54, 1.807) is 13.1 Å². The van der Waals surface area contributed by atoms with Gasteiger partial charge in [-0.15, -0.1) is 15.3 Å². The van der Waals surface area contributed by atoms with Gasteiger partial charge in [0.2, 0.25) is 0 Å². The second-order valence-electron chi connectivity index (χ2n) is 5.51. The number of aryl methyl sites for hydroxylation is 1. The molecule has 0 unspecified atom stereocenters. The molecule has 0 aliphatic rings. The number of phenols is 2. The van der Waals surface area contributed by atoms with Gasteiger partial charge in [-0.2, -0.15) is 9.36 Å². The van der Waals surface area contributed by atoms with Crippen LogP contribution >= 0.6 is 11.5 Å². The molecule has 0 atom stereocenters. The Labute approximate surface area is 160 Å². The highest BCUT2D eigenvalue weighted by Gasteiger charge is 2.15.